The van der Waals surface area contributed by atoms with Crippen LogP contribution in [0.4, 0.5) is 0 Å². The average Bonchev–Trinajstić information content (AvgIpc) is 2.60. The maximum absolute atomic E-state index is 5.95. The maximum atomic E-state index is 5.95. The quantitative estimate of drug-likeness (QED) is 0.436. The summed E-state index contributed by atoms with van der Waals surface area (Å²) >= 11 is 9.48. The second-order valence-electron chi connectivity index (χ2n) is 5.82. The minimum absolute atomic E-state index is 0.501. The van der Waals surface area contributed by atoms with Crippen molar-refractivity contribution >= 4 is 46.5 Å². The molecule has 6 heteroatoms. The zero-order valence-electron chi connectivity index (χ0n) is 11.4. The van der Waals surface area contributed by atoms with Gasteiger partial charge in [-0.1, -0.05) is 31.2 Å². The van der Waals surface area contributed by atoms with Crippen LogP contribution in [0.25, 0.3) is 10.9 Å². The first-order valence-corrected chi connectivity index (χ1v) is 11.1. The molecule has 0 fully saturated rings. The largest absolute Gasteiger partial charge is 0.361 e. The van der Waals surface area contributed by atoms with Gasteiger partial charge in [0, 0.05) is 36.9 Å². The van der Waals surface area contributed by atoms with Gasteiger partial charge in [-0.05, 0) is 28.0 Å². The molecule has 0 saturated carbocycles. The van der Waals surface area contributed by atoms with E-state index >= 15 is 0 Å². The molecule has 104 valence electrons. The third kappa shape index (κ3) is 4.05. The van der Waals surface area contributed by atoms with Crippen molar-refractivity contribution in [3.63, 3.8) is 0 Å². The van der Waals surface area contributed by atoms with Gasteiger partial charge >= 0.3 is 0 Å². The number of halogens is 2. The van der Waals surface area contributed by atoms with Gasteiger partial charge in [-0.25, -0.2) is 4.98 Å². The standard InChI is InChI=1S/C13H18BrClN2OSi/c1-19(2,3)5-4-18-9-17-8-11(14)10-7-16-13(15)6-12(10)17/h6-8H,4-5,9H2,1-3H3. The molecule has 2 rings (SSSR count). The van der Waals surface area contributed by atoms with Gasteiger partial charge in [0.1, 0.15) is 11.9 Å². The van der Waals surface area contributed by atoms with E-state index in [1.807, 2.05) is 12.3 Å². The second kappa shape index (κ2) is 5.95. The molecular formula is C13H18BrClN2OSi. The maximum Gasteiger partial charge on any atom is 0.131 e. The second-order valence-corrected chi connectivity index (χ2v) is 12.7. The fourth-order valence-corrected chi connectivity index (χ4v) is 3.23. The smallest absolute Gasteiger partial charge is 0.131 e. The molecule has 0 unspecified atom stereocenters. The lowest BCUT2D eigenvalue weighted by atomic mass is 10.3. The number of pyridine rings is 1. The molecule has 0 N–H and O–H groups in total. The van der Waals surface area contributed by atoms with Crippen molar-refractivity contribution in [3.05, 3.63) is 28.1 Å². The third-order valence-corrected chi connectivity index (χ3v) is 5.45. The van der Waals surface area contributed by atoms with Crippen LogP contribution in [0.3, 0.4) is 0 Å². The lowest BCUT2D eigenvalue weighted by Gasteiger charge is -2.15. The van der Waals surface area contributed by atoms with E-state index in [1.54, 1.807) is 6.20 Å². The van der Waals surface area contributed by atoms with Gasteiger partial charge in [-0.3, -0.25) is 0 Å². The molecule has 2 aromatic heterocycles. The SMILES string of the molecule is C[Si](C)(C)CCOCn1cc(Br)c2cnc(Cl)cc21. The summed E-state index contributed by atoms with van der Waals surface area (Å²) in [6.45, 7) is 8.41. The highest BCUT2D eigenvalue weighted by Gasteiger charge is 2.12. The van der Waals surface area contributed by atoms with Crippen LogP contribution in [-0.2, 0) is 11.5 Å². The molecule has 0 amide bonds. The number of fused-ring (bicyclic) bond motifs is 1. The predicted octanol–water partition coefficient (Wildman–Crippen LogP) is 4.76. The molecule has 3 nitrogen and oxygen atoms in total. The summed E-state index contributed by atoms with van der Waals surface area (Å²) < 4.78 is 8.84. The van der Waals surface area contributed by atoms with Gasteiger partial charge in [-0.2, -0.15) is 0 Å². The highest BCUT2D eigenvalue weighted by atomic mass is 79.9. The molecular weight excluding hydrogens is 344 g/mol. The number of ether oxygens (including phenoxy) is 1. The van der Waals surface area contributed by atoms with Crippen molar-refractivity contribution in [1.29, 1.82) is 0 Å². The summed E-state index contributed by atoms with van der Waals surface area (Å²) in [6, 6.07) is 3.04. The van der Waals surface area contributed by atoms with Crippen LogP contribution in [0, 0.1) is 0 Å². The van der Waals surface area contributed by atoms with E-state index in [0.717, 1.165) is 22.0 Å². The lowest BCUT2D eigenvalue weighted by Crippen LogP contribution is -2.21. The van der Waals surface area contributed by atoms with Crippen molar-refractivity contribution in [1.82, 2.24) is 9.55 Å². The molecule has 0 atom stereocenters. The topological polar surface area (TPSA) is 27.1 Å². The van der Waals surface area contributed by atoms with Gasteiger partial charge in [-0.15, -0.1) is 0 Å². The van der Waals surface area contributed by atoms with Gasteiger partial charge in [0.25, 0.3) is 0 Å². The Bertz CT molecular complexity index is 580. The van der Waals surface area contributed by atoms with E-state index < -0.39 is 8.07 Å². The van der Waals surface area contributed by atoms with E-state index in [-0.39, 0.29) is 0 Å². The summed E-state index contributed by atoms with van der Waals surface area (Å²) in [6.07, 6.45) is 3.79. The van der Waals surface area contributed by atoms with Crippen molar-refractivity contribution in [2.45, 2.75) is 32.4 Å². The first-order valence-electron chi connectivity index (χ1n) is 6.24. The van der Waals surface area contributed by atoms with Crippen molar-refractivity contribution in [3.8, 4) is 0 Å². The van der Waals surface area contributed by atoms with Crippen LogP contribution < -0.4 is 0 Å². The molecule has 0 aliphatic heterocycles. The molecule has 0 aromatic carbocycles. The van der Waals surface area contributed by atoms with E-state index in [0.29, 0.717) is 11.9 Å². The van der Waals surface area contributed by atoms with Crippen LogP contribution in [0.2, 0.25) is 30.8 Å². The van der Waals surface area contributed by atoms with Crippen molar-refractivity contribution in [2.75, 3.05) is 6.61 Å². The molecule has 2 heterocycles. The van der Waals surface area contributed by atoms with Crippen LogP contribution in [0.15, 0.2) is 22.9 Å². The van der Waals surface area contributed by atoms with Gasteiger partial charge in [0.05, 0.1) is 5.52 Å². The summed E-state index contributed by atoms with van der Waals surface area (Å²) in [5.74, 6) is 0. The first-order chi connectivity index (χ1) is 8.87. The van der Waals surface area contributed by atoms with Gasteiger partial charge in [0.2, 0.25) is 0 Å². The molecule has 19 heavy (non-hydrogen) atoms. The Morgan fingerprint density at radius 1 is 1.42 bits per heavy atom. The first kappa shape index (κ1) is 15.0. The van der Waals surface area contributed by atoms with E-state index in [2.05, 4.69) is 45.1 Å². The molecule has 0 aliphatic carbocycles. The number of aromatic nitrogens is 2. The molecule has 0 aliphatic rings. The number of rotatable bonds is 5. The average molecular weight is 362 g/mol. The highest BCUT2D eigenvalue weighted by Crippen LogP contribution is 2.27. The van der Waals surface area contributed by atoms with Crippen LogP contribution in [0.1, 0.15) is 0 Å². The predicted molar refractivity (Wildman–Crippen MR) is 86.5 cm³/mol. The Morgan fingerprint density at radius 2 is 2.16 bits per heavy atom. The van der Waals surface area contributed by atoms with Crippen LogP contribution in [0.5, 0.6) is 0 Å². The van der Waals surface area contributed by atoms with E-state index in [9.17, 15) is 0 Å². The number of hydrogen-bond acceptors (Lipinski definition) is 2. The van der Waals surface area contributed by atoms with Crippen molar-refractivity contribution in [2.24, 2.45) is 0 Å². The Balaban J connectivity index is 2.07. The van der Waals surface area contributed by atoms with E-state index in [4.69, 9.17) is 16.3 Å². The zero-order valence-corrected chi connectivity index (χ0v) is 14.8. The van der Waals surface area contributed by atoms with Crippen LogP contribution in [-0.4, -0.2) is 24.2 Å². The molecule has 2 aromatic rings. The van der Waals surface area contributed by atoms with E-state index in [1.165, 1.54) is 6.04 Å². The molecule has 0 radical (unpaired) electrons. The molecule has 0 saturated heterocycles. The van der Waals surface area contributed by atoms with Gasteiger partial charge < -0.3 is 9.30 Å². The van der Waals surface area contributed by atoms with Crippen molar-refractivity contribution < 1.29 is 4.74 Å². The summed E-state index contributed by atoms with van der Waals surface area (Å²) in [7, 11) is -1.03. The normalized spacial score (nSPS) is 12.3. The monoisotopic (exact) mass is 360 g/mol. The number of hydrogen-bond donors (Lipinski definition) is 0. The zero-order chi connectivity index (χ0) is 14.0. The highest BCUT2D eigenvalue weighted by molar-refractivity contribution is 9.10. The third-order valence-electron chi connectivity index (χ3n) is 2.91. The Hall–Kier alpha value is -0.363. The fraction of sp³-hybridized carbons (Fsp3) is 0.462. The Morgan fingerprint density at radius 3 is 2.84 bits per heavy atom. The fourth-order valence-electron chi connectivity index (χ4n) is 1.77. The molecule has 0 spiro atoms. The van der Waals surface area contributed by atoms with Gasteiger partial charge in [0.15, 0.2) is 0 Å². The summed E-state index contributed by atoms with van der Waals surface area (Å²) in [5.41, 5.74) is 1.04. The minimum Gasteiger partial charge on any atom is -0.361 e. The lowest BCUT2D eigenvalue weighted by molar-refractivity contribution is 0.0902. The summed E-state index contributed by atoms with van der Waals surface area (Å²) in [4.78, 5) is 4.10. The summed E-state index contributed by atoms with van der Waals surface area (Å²) in [5, 5.41) is 1.56. The Labute approximate surface area is 128 Å². The molecule has 0 bridgehead atoms. The van der Waals surface area contributed by atoms with Crippen LogP contribution >= 0.6 is 27.5 Å². The Kier molecular flexibility index (Phi) is 4.71. The minimum atomic E-state index is -1.03. The number of nitrogens with zero attached hydrogens (tertiary/aromatic N) is 2.